The van der Waals surface area contributed by atoms with Gasteiger partial charge in [0, 0.05) is 11.0 Å². The van der Waals surface area contributed by atoms with E-state index in [4.69, 9.17) is 4.74 Å². The Hall–Kier alpha value is -1.62. The van der Waals surface area contributed by atoms with Crippen molar-refractivity contribution >= 4 is 21.7 Å². The van der Waals surface area contributed by atoms with Gasteiger partial charge in [-0.2, -0.15) is 0 Å². The molecule has 1 aromatic heterocycles. The van der Waals surface area contributed by atoms with E-state index in [1.807, 2.05) is 31.2 Å². The molecule has 0 saturated carbocycles. The van der Waals surface area contributed by atoms with E-state index >= 15 is 0 Å². The highest BCUT2D eigenvalue weighted by molar-refractivity contribution is 9.10. The molecule has 100 valence electrons. The Kier molecular flexibility index (Phi) is 4.74. The van der Waals surface area contributed by atoms with Gasteiger partial charge >= 0.3 is 0 Å². The normalized spacial score (nSPS) is 10.3. The Bertz CT molecular complexity index is 543. The molecule has 0 unspecified atom stereocenters. The number of rotatable bonds is 5. The Balaban J connectivity index is 2.28. The number of nitrogens with one attached hydrogen (secondary N) is 1. The molecule has 0 amide bonds. The number of nitrogens with zero attached hydrogens (tertiary/aromatic N) is 2. The van der Waals surface area contributed by atoms with Crippen LogP contribution >= 0.6 is 15.9 Å². The fourth-order valence-corrected chi connectivity index (χ4v) is 2.00. The second kappa shape index (κ2) is 6.52. The molecule has 0 atom stereocenters. The Morgan fingerprint density at radius 1 is 1.16 bits per heavy atom. The average Bonchev–Trinajstić information content (AvgIpc) is 2.42. The zero-order chi connectivity index (χ0) is 13.7. The first kappa shape index (κ1) is 13.8. The molecule has 1 aromatic carbocycles. The minimum atomic E-state index is 0.607. The molecule has 0 aliphatic heterocycles. The lowest BCUT2D eigenvalue weighted by Gasteiger charge is -2.12. The molecule has 0 spiro atoms. The van der Waals surface area contributed by atoms with Crippen molar-refractivity contribution in [2.24, 2.45) is 0 Å². The fraction of sp³-hybridized carbons (Fsp3) is 0.286. The van der Waals surface area contributed by atoms with Crippen molar-refractivity contribution in [1.29, 1.82) is 0 Å². The first-order chi connectivity index (χ1) is 9.24. The van der Waals surface area contributed by atoms with E-state index in [0.29, 0.717) is 5.88 Å². The molecule has 19 heavy (non-hydrogen) atoms. The Labute approximate surface area is 121 Å². The molecule has 0 saturated heterocycles. The highest BCUT2D eigenvalue weighted by Gasteiger charge is 2.11. The van der Waals surface area contributed by atoms with Crippen molar-refractivity contribution in [2.45, 2.75) is 20.3 Å². The van der Waals surface area contributed by atoms with E-state index in [1.54, 1.807) is 0 Å². The van der Waals surface area contributed by atoms with Crippen LogP contribution in [0, 0.1) is 0 Å². The van der Waals surface area contributed by atoms with Crippen LogP contribution in [0.3, 0.4) is 0 Å². The van der Waals surface area contributed by atoms with Crippen molar-refractivity contribution in [3.8, 4) is 11.6 Å². The van der Waals surface area contributed by atoms with Gasteiger partial charge in [-0.05, 0) is 37.6 Å². The van der Waals surface area contributed by atoms with E-state index in [9.17, 15) is 0 Å². The van der Waals surface area contributed by atoms with Gasteiger partial charge in [-0.1, -0.05) is 22.9 Å². The Morgan fingerprint density at radius 2 is 1.89 bits per heavy atom. The summed E-state index contributed by atoms with van der Waals surface area (Å²) in [5.74, 6) is 2.21. The van der Waals surface area contributed by atoms with E-state index in [0.717, 1.165) is 34.6 Å². The predicted molar refractivity (Wildman–Crippen MR) is 79.8 cm³/mol. The van der Waals surface area contributed by atoms with Gasteiger partial charge in [-0.3, -0.25) is 0 Å². The summed E-state index contributed by atoms with van der Waals surface area (Å²) in [5.41, 5.74) is 0.993. The molecule has 0 aliphatic rings. The van der Waals surface area contributed by atoms with E-state index < -0.39 is 0 Å². The van der Waals surface area contributed by atoms with Gasteiger partial charge < -0.3 is 10.1 Å². The highest BCUT2D eigenvalue weighted by atomic mass is 79.9. The summed E-state index contributed by atoms with van der Waals surface area (Å²) in [6, 6.07) is 7.68. The maximum atomic E-state index is 5.83. The summed E-state index contributed by atoms with van der Waals surface area (Å²) in [5, 5.41) is 3.22. The predicted octanol–water partition coefficient (Wildman–Crippen LogP) is 4.03. The highest BCUT2D eigenvalue weighted by Crippen LogP contribution is 2.28. The summed E-state index contributed by atoms with van der Waals surface area (Å²) in [7, 11) is 0. The third-order valence-electron chi connectivity index (χ3n) is 2.63. The van der Waals surface area contributed by atoms with Crippen molar-refractivity contribution in [3.05, 3.63) is 40.6 Å². The number of hydrogen-bond donors (Lipinski definition) is 1. The standard InChI is InChI=1S/C14H16BrN3O/c1-3-12-13(16-4-2)17-9-18-14(12)19-11-7-5-10(15)6-8-11/h5-9H,3-4H2,1-2H3,(H,16,17,18). The number of aromatic nitrogens is 2. The third kappa shape index (κ3) is 3.44. The lowest BCUT2D eigenvalue weighted by molar-refractivity contribution is 0.455. The number of hydrogen-bond acceptors (Lipinski definition) is 4. The number of benzene rings is 1. The third-order valence-corrected chi connectivity index (χ3v) is 3.16. The number of anilines is 1. The Morgan fingerprint density at radius 3 is 2.53 bits per heavy atom. The molecule has 5 heteroatoms. The van der Waals surface area contributed by atoms with Crippen molar-refractivity contribution in [2.75, 3.05) is 11.9 Å². The zero-order valence-electron chi connectivity index (χ0n) is 11.0. The van der Waals surface area contributed by atoms with E-state index in [-0.39, 0.29) is 0 Å². The van der Waals surface area contributed by atoms with Gasteiger partial charge in [0.1, 0.15) is 17.9 Å². The minimum Gasteiger partial charge on any atom is -0.439 e. The molecule has 1 heterocycles. The van der Waals surface area contributed by atoms with Crippen LogP contribution in [0.5, 0.6) is 11.6 Å². The van der Waals surface area contributed by atoms with Crippen LogP contribution < -0.4 is 10.1 Å². The molecule has 0 radical (unpaired) electrons. The lowest BCUT2D eigenvalue weighted by Crippen LogP contribution is -2.05. The van der Waals surface area contributed by atoms with Crippen LogP contribution in [0.4, 0.5) is 5.82 Å². The molecule has 4 nitrogen and oxygen atoms in total. The van der Waals surface area contributed by atoms with Crippen LogP contribution in [0.15, 0.2) is 35.1 Å². The van der Waals surface area contributed by atoms with Crippen LogP contribution in [-0.4, -0.2) is 16.5 Å². The summed E-state index contributed by atoms with van der Waals surface area (Å²) < 4.78 is 6.85. The lowest BCUT2D eigenvalue weighted by atomic mass is 10.2. The van der Waals surface area contributed by atoms with Crippen LogP contribution in [-0.2, 0) is 6.42 Å². The monoisotopic (exact) mass is 321 g/mol. The molecule has 0 bridgehead atoms. The average molecular weight is 322 g/mol. The SMILES string of the molecule is CCNc1ncnc(Oc2ccc(Br)cc2)c1CC. The molecule has 1 N–H and O–H groups in total. The van der Waals surface area contributed by atoms with Crippen LogP contribution in [0.25, 0.3) is 0 Å². The molecule has 2 rings (SSSR count). The smallest absolute Gasteiger partial charge is 0.227 e. The largest absolute Gasteiger partial charge is 0.439 e. The minimum absolute atomic E-state index is 0.607. The second-order valence-electron chi connectivity index (χ2n) is 3.95. The maximum absolute atomic E-state index is 5.83. The van der Waals surface area contributed by atoms with Gasteiger partial charge in [-0.15, -0.1) is 0 Å². The summed E-state index contributed by atoms with van der Waals surface area (Å²) in [6.45, 7) is 4.92. The van der Waals surface area contributed by atoms with Gasteiger partial charge in [0.05, 0.1) is 5.56 Å². The van der Waals surface area contributed by atoms with Gasteiger partial charge in [-0.25, -0.2) is 9.97 Å². The molecule has 2 aromatic rings. The quantitative estimate of drug-likeness (QED) is 0.903. The zero-order valence-corrected chi connectivity index (χ0v) is 12.6. The van der Waals surface area contributed by atoms with Crippen LogP contribution in [0.1, 0.15) is 19.4 Å². The van der Waals surface area contributed by atoms with Gasteiger partial charge in [0.15, 0.2) is 0 Å². The van der Waals surface area contributed by atoms with Crippen molar-refractivity contribution < 1.29 is 4.74 Å². The first-order valence-electron chi connectivity index (χ1n) is 6.25. The summed E-state index contributed by atoms with van der Waals surface area (Å²) >= 11 is 3.40. The summed E-state index contributed by atoms with van der Waals surface area (Å²) in [4.78, 5) is 8.47. The summed E-state index contributed by atoms with van der Waals surface area (Å²) in [6.07, 6.45) is 2.33. The van der Waals surface area contributed by atoms with Gasteiger partial charge in [0.25, 0.3) is 0 Å². The van der Waals surface area contributed by atoms with E-state index in [2.05, 4.69) is 38.1 Å². The molecule has 0 aliphatic carbocycles. The molecule has 0 fully saturated rings. The van der Waals surface area contributed by atoms with Gasteiger partial charge in [0.2, 0.25) is 5.88 Å². The fourth-order valence-electron chi connectivity index (χ4n) is 1.74. The van der Waals surface area contributed by atoms with E-state index in [1.165, 1.54) is 6.33 Å². The molecular weight excluding hydrogens is 306 g/mol. The first-order valence-corrected chi connectivity index (χ1v) is 7.05. The topological polar surface area (TPSA) is 47.0 Å². The van der Waals surface area contributed by atoms with Crippen LogP contribution in [0.2, 0.25) is 0 Å². The number of ether oxygens (including phenoxy) is 1. The van der Waals surface area contributed by atoms with Crippen molar-refractivity contribution in [1.82, 2.24) is 9.97 Å². The second-order valence-corrected chi connectivity index (χ2v) is 4.86. The molecular formula is C14H16BrN3O. The van der Waals surface area contributed by atoms with Crippen molar-refractivity contribution in [3.63, 3.8) is 0 Å². The number of halogens is 1. The maximum Gasteiger partial charge on any atom is 0.227 e.